The standard InChI is InChI=1S/C24H18Cl2N4O/c1-15-27-22(16-6-3-2-4-7-16)14-23(28-15)29-18-8-5-9-19(13-18)30-24(31)20-12-17(25)10-11-21(20)26/h2-14H,1H3,(H,30,31)(H,27,28,29). The maximum Gasteiger partial charge on any atom is 0.257 e. The number of hydrogen-bond acceptors (Lipinski definition) is 4. The number of aromatic nitrogens is 2. The zero-order valence-corrected chi connectivity index (χ0v) is 18.1. The molecule has 0 aliphatic heterocycles. The normalized spacial score (nSPS) is 10.5. The van der Waals surface area contributed by atoms with Crippen LogP contribution in [0, 0.1) is 6.92 Å². The first kappa shape index (κ1) is 20.8. The lowest BCUT2D eigenvalue weighted by molar-refractivity contribution is 0.102. The fourth-order valence-electron chi connectivity index (χ4n) is 3.08. The molecule has 1 amide bonds. The van der Waals surface area contributed by atoms with Crippen molar-refractivity contribution in [3.8, 4) is 11.3 Å². The second kappa shape index (κ2) is 9.16. The Balaban J connectivity index is 1.55. The lowest BCUT2D eigenvalue weighted by atomic mass is 10.1. The Morgan fingerprint density at radius 2 is 1.61 bits per heavy atom. The molecule has 4 rings (SSSR count). The van der Waals surface area contributed by atoms with Gasteiger partial charge in [0.15, 0.2) is 0 Å². The van der Waals surface area contributed by atoms with Gasteiger partial charge in [-0.1, -0.05) is 59.6 Å². The minimum atomic E-state index is -0.339. The topological polar surface area (TPSA) is 66.9 Å². The van der Waals surface area contributed by atoms with Gasteiger partial charge in [0.05, 0.1) is 16.3 Å². The molecule has 0 fully saturated rings. The van der Waals surface area contributed by atoms with Crippen LogP contribution in [0.1, 0.15) is 16.2 Å². The molecule has 2 N–H and O–H groups in total. The highest BCUT2D eigenvalue weighted by molar-refractivity contribution is 6.36. The summed E-state index contributed by atoms with van der Waals surface area (Å²) in [7, 11) is 0. The van der Waals surface area contributed by atoms with Gasteiger partial charge < -0.3 is 10.6 Å². The molecule has 154 valence electrons. The number of carbonyl (C=O) groups excluding carboxylic acids is 1. The number of amides is 1. The summed E-state index contributed by atoms with van der Waals surface area (Å²) in [4.78, 5) is 21.6. The number of halogens is 2. The predicted molar refractivity (Wildman–Crippen MR) is 126 cm³/mol. The molecule has 0 atom stereocenters. The van der Waals surface area contributed by atoms with Gasteiger partial charge in [-0.3, -0.25) is 4.79 Å². The van der Waals surface area contributed by atoms with Crippen LogP contribution >= 0.6 is 23.2 Å². The van der Waals surface area contributed by atoms with E-state index in [2.05, 4.69) is 20.6 Å². The van der Waals surface area contributed by atoms with E-state index in [-0.39, 0.29) is 5.91 Å². The van der Waals surface area contributed by atoms with E-state index in [9.17, 15) is 4.79 Å². The molecule has 0 saturated carbocycles. The lowest BCUT2D eigenvalue weighted by Crippen LogP contribution is -2.12. The monoisotopic (exact) mass is 448 g/mol. The summed E-state index contributed by atoms with van der Waals surface area (Å²) in [5, 5.41) is 6.90. The molecule has 0 saturated heterocycles. The summed E-state index contributed by atoms with van der Waals surface area (Å²) in [5.74, 6) is 0.977. The molecule has 0 aliphatic carbocycles. The average Bonchev–Trinajstić information content (AvgIpc) is 2.76. The van der Waals surface area contributed by atoms with E-state index in [0.717, 1.165) is 16.9 Å². The number of rotatable bonds is 5. The van der Waals surface area contributed by atoms with Crippen LogP contribution in [0.4, 0.5) is 17.2 Å². The Hall–Kier alpha value is -3.41. The number of aryl methyl sites for hydroxylation is 1. The molecule has 0 unspecified atom stereocenters. The zero-order valence-electron chi connectivity index (χ0n) is 16.6. The third kappa shape index (κ3) is 5.20. The third-order valence-corrected chi connectivity index (χ3v) is 5.04. The SMILES string of the molecule is Cc1nc(Nc2cccc(NC(=O)c3cc(Cl)ccc3Cl)c2)cc(-c2ccccc2)n1. The van der Waals surface area contributed by atoms with Gasteiger partial charge in [-0.15, -0.1) is 0 Å². The van der Waals surface area contributed by atoms with E-state index in [0.29, 0.717) is 32.9 Å². The van der Waals surface area contributed by atoms with Crippen molar-refractivity contribution in [3.05, 3.63) is 100 Å². The molecule has 0 spiro atoms. The van der Waals surface area contributed by atoms with E-state index < -0.39 is 0 Å². The van der Waals surface area contributed by atoms with Crippen molar-refractivity contribution < 1.29 is 4.79 Å². The van der Waals surface area contributed by atoms with Gasteiger partial charge in [0.2, 0.25) is 0 Å². The molecular formula is C24H18Cl2N4O. The quantitative estimate of drug-likeness (QED) is 0.354. The molecule has 0 bridgehead atoms. The maximum atomic E-state index is 12.6. The Labute approximate surface area is 190 Å². The van der Waals surface area contributed by atoms with Crippen LogP contribution in [0.15, 0.2) is 78.9 Å². The lowest BCUT2D eigenvalue weighted by Gasteiger charge is -2.11. The molecule has 5 nitrogen and oxygen atoms in total. The number of nitrogens with one attached hydrogen (secondary N) is 2. The van der Waals surface area contributed by atoms with Crippen LogP contribution in [-0.4, -0.2) is 15.9 Å². The van der Waals surface area contributed by atoms with Gasteiger partial charge in [-0.05, 0) is 43.3 Å². The van der Waals surface area contributed by atoms with Crippen molar-refractivity contribution in [2.45, 2.75) is 6.92 Å². The Morgan fingerprint density at radius 3 is 2.42 bits per heavy atom. The second-order valence-electron chi connectivity index (χ2n) is 6.84. The van der Waals surface area contributed by atoms with E-state index in [4.69, 9.17) is 23.2 Å². The van der Waals surface area contributed by atoms with Gasteiger partial charge in [-0.2, -0.15) is 0 Å². The van der Waals surface area contributed by atoms with Crippen LogP contribution in [0.25, 0.3) is 11.3 Å². The van der Waals surface area contributed by atoms with Crippen LogP contribution in [-0.2, 0) is 0 Å². The highest BCUT2D eigenvalue weighted by atomic mass is 35.5. The molecule has 0 radical (unpaired) electrons. The highest BCUT2D eigenvalue weighted by Gasteiger charge is 2.12. The van der Waals surface area contributed by atoms with Gasteiger partial charge in [0, 0.05) is 28.0 Å². The van der Waals surface area contributed by atoms with Crippen LogP contribution < -0.4 is 10.6 Å². The van der Waals surface area contributed by atoms with Crippen molar-refractivity contribution >= 4 is 46.3 Å². The van der Waals surface area contributed by atoms with Crippen LogP contribution in [0.2, 0.25) is 10.0 Å². The van der Waals surface area contributed by atoms with Crippen molar-refractivity contribution in [3.63, 3.8) is 0 Å². The van der Waals surface area contributed by atoms with Gasteiger partial charge in [-0.25, -0.2) is 9.97 Å². The molecule has 7 heteroatoms. The van der Waals surface area contributed by atoms with E-state index in [1.807, 2.05) is 61.5 Å². The molecule has 0 aliphatic rings. The number of nitrogens with zero attached hydrogens (tertiary/aromatic N) is 2. The van der Waals surface area contributed by atoms with Crippen molar-refractivity contribution in [1.82, 2.24) is 9.97 Å². The highest BCUT2D eigenvalue weighted by Crippen LogP contribution is 2.25. The van der Waals surface area contributed by atoms with E-state index in [1.165, 1.54) is 6.07 Å². The summed E-state index contributed by atoms with van der Waals surface area (Å²) >= 11 is 12.1. The van der Waals surface area contributed by atoms with Gasteiger partial charge in [0.25, 0.3) is 5.91 Å². The largest absolute Gasteiger partial charge is 0.340 e. The molecule has 3 aromatic carbocycles. The molecule has 4 aromatic rings. The maximum absolute atomic E-state index is 12.6. The number of hydrogen-bond donors (Lipinski definition) is 2. The van der Waals surface area contributed by atoms with Crippen LogP contribution in [0.5, 0.6) is 0 Å². The second-order valence-corrected chi connectivity index (χ2v) is 7.68. The molecular weight excluding hydrogens is 431 g/mol. The summed E-state index contributed by atoms with van der Waals surface area (Å²) in [6, 6.07) is 23.9. The fraction of sp³-hybridized carbons (Fsp3) is 0.0417. The first-order chi connectivity index (χ1) is 15.0. The van der Waals surface area contributed by atoms with Gasteiger partial charge >= 0.3 is 0 Å². The minimum Gasteiger partial charge on any atom is -0.340 e. The number of carbonyl (C=O) groups is 1. The summed E-state index contributed by atoms with van der Waals surface area (Å²) < 4.78 is 0. The Morgan fingerprint density at radius 1 is 0.839 bits per heavy atom. The van der Waals surface area contributed by atoms with Gasteiger partial charge in [0.1, 0.15) is 11.6 Å². The number of anilines is 3. The smallest absolute Gasteiger partial charge is 0.257 e. The summed E-state index contributed by atoms with van der Waals surface area (Å²) in [6.07, 6.45) is 0. The average molecular weight is 449 g/mol. The van der Waals surface area contributed by atoms with Crippen LogP contribution in [0.3, 0.4) is 0 Å². The summed E-state index contributed by atoms with van der Waals surface area (Å²) in [6.45, 7) is 1.85. The van der Waals surface area contributed by atoms with Crippen molar-refractivity contribution in [2.75, 3.05) is 10.6 Å². The Bertz CT molecular complexity index is 1250. The van der Waals surface area contributed by atoms with Crippen molar-refractivity contribution in [1.29, 1.82) is 0 Å². The van der Waals surface area contributed by atoms with Crippen molar-refractivity contribution in [2.24, 2.45) is 0 Å². The molecule has 1 aromatic heterocycles. The fourth-order valence-corrected chi connectivity index (χ4v) is 3.46. The molecule has 31 heavy (non-hydrogen) atoms. The first-order valence-electron chi connectivity index (χ1n) is 9.52. The zero-order chi connectivity index (χ0) is 21.8. The van der Waals surface area contributed by atoms with E-state index in [1.54, 1.807) is 18.2 Å². The Kier molecular flexibility index (Phi) is 6.16. The third-order valence-electron chi connectivity index (χ3n) is 4.47. The minimum absolute atomic E-state index is 0.312. The van der Waals surface area contributed by atoms with E-state index >= 15 is 0 Å². The number of benzene rings is 3. The summed E-state index contributed by atoms with van der Waals surface area (Å²) in [5.41, 5.74) is 3.53. The molecule has 1 heterocycles. The first-order valence-corrected chi connectivity index (χ1v) is 10.3. The predicted octanol–water partition coefficient (Wildman–Crippen LogP) is 6.75.